The molecule has 0 bridgehead atoms. The molecule has 1 aromatic carbocycles. The van der Waals surface area contributed by atoms with E-state index in [2.05, 4.69) is 39.3 Å². The van der Waals surface area contributed by atoms with E-state index in [-0.39, 0.29) is 17.2 Å². The molecule has 6 heteroatoms. The fourth-order valence-electron chi connectivity index (χ4n) is 2.26. The maximum Gasteiger partial charge on any atom is 0.212 e. The van der Waals surface area contributed by atoms with Gasteiger partial charge in [0.05, 0.1) is 19.0 Å². The van der Waals surface area contributed by atoms with Gasteiger partial charge in [-0.05, 0) is 42.4 Å². The number of hydrogen-bond donors (Lipinski definition) is 1. The molecule has 26 heavy (non-hydrogen) atoms. The molecule has 0 fully saturated rings. The molecule has 150 valence electrons. The minimum absolute atomic E-state index is 0.0605. The summed E-state index contributed by atoms with van der Waals surface area (Å²) in [6.07, 6.45) is 0.482. The van der Waals surface area contributed by atoms with Crippen molar-refractivity contribution in [2.45, 2.75) is 54.0 Å². The number of sulfonamides is 1. The minimum Gasteiger partial charge on any atom is -0.493 e. The Morgan fingerprint density at radius 1 is 1.15 bits per heavy atom. The van der Waals surface area contributed by atoms with Crippen molar-refractivity contribution in [1.82, 2.24) is 4.72 Å². The topological polar surface area (TPSA) is 64.6 Å². The zero-order valence-electron chi connectivity index (χ0n) is 17.0. The predicted molar refractivity (Wildman–Crippen MR) is 107 cm³/mol. The molecule has 0 spiro atoms. The van der Waals surface area contributed by atoms with Crippen molar-refractivity contribution in [2.75, 3.05) is 25.6 Å². The van der Waals surface area contributed by atoms with Crippen LogP contribution in [0.3, 0.4) is 0 Å². The van der Waals surface area contributed by atoms with Gasteiger partial charge in [0.1, 0.15) is 5.75 Å². The van der Waals surface area contributed by atoms with Crippen LogP contribution < -0.4 is 9.46 Å². The monoisotopic (exact) mass is 385 g/mol. The highest BCUT2D eigenvalue weighted by Gasteiger charge is 2.17. The number of nitrogens with one attached hydrogen (secondary N) is 1. The smallest absolute Gasteiger partial charge is 0.212 e. The Morgan fingerprint density at radius 2 is 1.85 bits per heavy atom. The summed E-state index contributed by atoms with van der Waals surface area (Å²) in [4.78, 5) is 0. The molecule has 1 aromatic rings. The molecule has 0 heterocycles. The van der Waals surface area contributed by atoms with E-state index in [0.717, 1.165) is 11.3 Å². The Labute approximate surface area is 159 Å². The molecule has 0 aliphatic heterocycles. The third-order valence-corrected chi connectivity index (χ3v) is 5.07. The molecule has 0 aliphatic carbocycles. The first kappa shape index (κ1) is 22.9. The average Bonchev–Trinajstić information content (AvgIpc) is 2.51. The van der Waals surface area contributed by atoms with Gasteiger partial charge in [-0.1, -0.05) is 46.8 Å². The quantitative estimate of drug-likeness (QED) is 0.581. The van der Waals surface area contributed by atoms with Crippen molar-refractivity contribution in [3.8, 4) is 5.75 Å². The van der Waals surface area contributed by atoms with Crippen LogP contribution in [-0.4, -0.2) is 34.0 Å². The Bertz CT molecular complexity index is 635. The van der Waals surface area contributed by atoms with Crippen LogP contribution in [0.5, 0.6) is 5.75 Å². The fraction of sp³-hybridized carbons (Fsp3) is 0.700. The van der Waals surface area contributed by atoms with E-state index in [4.69, 9.17) is 9.47 Å². The van der Waals surface area contributed by atoms with E-state index < -0.39 is 10.0 Å². The average molecular weight is 386 g/mol. The number of hydrogen-bond acceptors (Lipinski definition) is 4. The molecular weight excluding hydrogens is 350 g/mol. The molecule has 0 unspecified atom stereocenters. The largest absolute Gasteiger partial charge is 0.493 e. The number of benzene rings is 1. The van der Waals surface area contributed by atoms with Crippen LogP contribution in [0.25, 0.3) is 0 Å². The van der Waals surface area contributed by atoms with E-state index in [1.165, 1.54) is 0 Å². The Hall–Kier alpha value is -1.11. The highest BCUT2D eigenvalue weighted by molar-refractivity contribution is 7.89. The molecule has 0 amide bonds. The molecule has 5 nitrogen and oxygen atoms in total. The van der Waals surface area contributed by atoms with Gasteiger partial charge in [-0.25, -0.2) is 13.1 Å². The van der Waals surface area contributed by atoms with Gasteiger partial charge in [-0.2, -0.15) is 0 Å². The Balaban J connectivity index is 2.49. The highest BCUT2D eigenvalue weighted by atomic mass is 32.2. The first-order valence-corrected chi connectivity index (χ1v) is 10.9. The van der Waals surface area contributed by atoms with Gasteiger partial charge in [0.2, 0.25) is 10.0 Å². The third kappa shape index (κ3) is 10.1. The summed E-state index contributed by atoms with van der Waals surface area (Å²) in [7, 11) is -3.35. The van der Waals surface area contributed by atoms with Gasteiger partial charge in [0.15, 0.2) is 0 Å². The van der Waals surface area contributed by atoms with E-state index in [0.29, 0.717) is 32.2 Å². The second kappa shape index (κ2) is 10.3. The van der Waals surface area contributed by atoms with Crippen LogP contribution in [-0.2, 0) is 14.8 Å². The van der Waals surface area contributed by atoms with Crippen molar-refractivity contribution in [1.29, 1.82) is 0 Å². The van der Waals surface area contributed by atoms with Gasteiger partial charge >= 0.3 is 0 Å². The van der Waals surface area contributed by atoms with Gasteiger partial charge < -0.3 is 9.47 Å². The summed E-state index contributed by atoms with van der Waals surface area (Å²) < 4.78 is 38.5. The summed E-state index contributed by atoms with van der Waals surface area (Å²) in [6.45, 7) is 14.0. The first-order chi connectivity index (χ1) is 12.0. The number of rotatable bonds is 11. The summed E-state index contributed by atoms with van der Waals surface area (Å²) in [5.41, 5.74) is 0.979. The maximum absolute atomic E-state index is 12.3. The highest BCUT2D eigenvalue weighted by Crippen LogP contribution is 2.20. The summed E-state index contributed by atoms with van der Waals surface area (Å²) in [5, 5.41) is 0. The van der Waals surface area contributed by atoms with Crippen LogP contribution in [0.15, 0.2) is 24.3 Å². The normalized spacial score (nSPS) is 13.8. The van der Waals surface area contributed by atoms with Crippen molar-refractivity contribution in [3.05, 3.63) is 29.8 Å². The molecular formula is C20H35NO4S. The van der Waals surface area contributed by atoms with Crippen molar-refractivity contribution < 1.29 is 17.9 Å². The Kier molecular flexibility index (Phi) is 9.07. The van der Waals surface area contributed by atoms with Crippen LogP contribution in [0.2, 0.25) is 0 Å². The lowest BCUT2D eigenvalue weighted by atomic mass is 9.99. The van der Waals surface area contributed by atoms with Crippen molar-refractivity contribution in [2.24, 2.45) is 11.3 Å². The molecule has 0 radical (unpaired) electrons. The van der Waals surface area contributed by atoms with Crippen LogP contribution in [0, 0.1) is 11.3 Å². The van der Waals surface area contributed by atoms with Crippen LogP contribution in [0.1, 0.15) is 59.6 Å². The zero-order valence-corrected chi connectivity index (χ0v) is 17.9. The molecule has 0 aliphatic rings. The number of ether oxygens (including phenoxy) is 2. The SMILES string of the molecule is CC(C)COc1cccc([C@@H](C)NS(=O)(=O)CCCOCC(C)(C)C)c1. The lowest BCUT2D eigenvalue weighted by Crippen LogP contribution is -2.29. The molecule has 1 N–H and O–H groups in total. The zero-order chi connectivity index (χ0) is 19.8. The maximum atomic E-state index is 12.3. The first-order valence-electron chi connectivity index (χ1n) is 9.29. The van der Waals surface area contributed by atoms with Gasteiger partial charge in [0, 0.05) is 12.6 Å². The summed E-state index contributed by atoms with van der Waals surface area (Å²) in [5.74, 6) is 1.26. The third-order valence-electron chi connectivity index (χ3n) is 3.53. The molecule has 0 aromatic heterocycles. The van der Waals surface area contributed by atoms with Crippen molar-refractivity contribution >= 4 is 10.0 Å². The Morgan fingerprint density at radius 3 is 2.46 bits per heavy atom. The van der Waals surface area contributed by atoms with E-state index in [9.17, 15) is 8.42 Å². The molecule has 1 atom stereocenters. The molecule has 0 saturated carbocycles. The van der Waals surface area contributed by atoms with Gasteiger partial charge in [0.25, 0.3) is 0 Å². The van der Waals surface area contributed by atoms with Gasteiger partial charge in [-0.15, -0.1) is 0 Å². The van der Waals surface area contributed by atoms with Crippen LogP contribution in [0.4, 0.5) is 0 Å². The fourth-order valence-corrected chi connectivity index (χ4v) is 3.55. The lowest BCUT2D eigenvalue weighted by Gasteiger charge is -2.18. The van der Waals surface area contributed by atoms with Gasteiger partial charge in [-0.3, -0.25) is 0 Å². The molecule has 1 rings (SSSR count). The predicted octanol–water partition coefficient (Wildman–Crippen LogP) is 4.15. The van der Waals surface area contributed by atoms with E-state index in [1.54, 1.807) is 0 Å². The van der Waals surface area contributed by atoms with Crippen LogP contribution >= 0.6 is 0 Å². The summed E-state index contributed by atoms with van der Waals surface area (Å²) >= 11 is 0. The second-order valence-electron chi connectivity index (χ2n) is 8.40. The minimum atomic E-state index is -3.35. The second-order valence-corrected chi connectivity index (χ2v) is 10.3. The van der Waals surface area contributed by atoms with E-state index in [1.807, 2.05) is 31.2 Å². The van der Waals surface area contributed by atoms with E-state index >= 15 is 0 Å². The lowest BCUT2D eigenvalue weighted by molar-refractivity contribution is 0.0720. The summed E-state index contributed by atoms with van der Waals surface area (Å²) in [6, 6.07) is 7.26. The molecule has 0 saturated heterocycles. The standard InChI is InChI=1S/C20H35NO4S/c1-16(2)14-25-19-10-7-9-18(13-19)17(3)21-26(22,23)12-8-11-24-15-20(4,5)6/h7,9-10,13,16-17,21H,8,11-12,14-15H2,1-6H3/t17-/m1/s1. The van der Waals surface area contributed by atoms with Crippen molar-refractivity contribution in [3.63, 3.8) is 0 Å².